The summed E-state index contributed by atoms with van der Waals surface area (Å²) in [5.41, 5.74) is 1.91. The van der Waals surface area contributed by atoms with Crippen LogP contribution in [0.1, 0.15) is 12.5 Å². The molecule has 1 aromatic rings. The molecule has 2 nitrogen and oxygen atoms in total. The first-order valence-electron chi connectivity index (χ1n) is 4.89. The quantitative estimate of drug-likeness (QED) is 0.690. The van der Waals surface area contributed by atoms with Crippen molar-refractivity contribution in [1.29, 1.82) is 5.26 Å². The van der Waals surface area contributed by atoms with Crippen LogP contribution in [0.4, 0.5) is 0 Å². The van der Waals surface area contributed by atoms with E-state index in [9.17, 15) is 0 Å². The number of nitrogens with zero attached hydrogens (tertiary/aromatic N) is 1. The van der Waals surface area contributed by atoms with Gasteiger partial charge < -0.3 is 4.74 Å². The van der Waals surface area contributed by atoms with E-state index in [-0.39, 0.29) is 0 Å². The molecule has 0 radical (unpaired) electrons. The van der Waals surface area contributed by atoms with E-state index in [1.807, 2.05) is 37.3 Å². The molecular formula is C13H11NOS. The molecule has 0 bridgehead atoms. The second kappa shape index (κ2) is 4.46. The third-order valence-corrected chi connectivity index (χ3v) is 3.63. The first kappa shape index (κ1) is 10.8. The smallest absolute Gasteiger partial charge is 0.120 e. The van der Waals surface area contributed by atoms with Gasteiger partial charge in [0.15, 0.2) is 0 Å². The molecule has 0 aromatic heterocycles. The maximum Gasteiger partial charge on any atom is 0.120 e. The minimum atomic E-state index is 0.745. The Labute approximate surface area is 99.2 Å². The Hall–Kier alpha value is -1.66. The third kappa shape index (κ3) is 1.98. The maximum absolute atomic E-state index is 8.86. The number of fused-ring (bicyclic) bond motifs is 1. The molecule has 0 spiro atoms. The van der Waals surface area contributed by atoms with E-state index >= 15 is 0 Å². The highest BCUT2D eigenvalue weighted by Crippen LogP contribution is 2.39. The number of ether oxygens (including phenoxy) is 1. The van der Waals surface area contributed by atoms with Gasteiger partial charge in [-0.05, 0) is 30.7 Å². The SMILES string of the molecule is COc1ccc2c(c1)S/C(=C(\C)C#N)C=C2. The number of hydrogen-bond acceptors (Lipinski definition) is 3. The standard InChI is InChI=1S/C13H11NOS/c1-9(8-14)12-6-4-10-3-5-11(15-2)7-13(10)16-12/h3-7H,1-2H3/b12-9+. The van der Waals surface area contributed by atoms with Gasteiger partial charge in [0, 0.05) is 15.4 Å². The molecule has 0 unspecified atom stereocenters. The minimum Gasteiger partial charge on any atom is -0.497 e. The lowest BCUT2D eigenvalue weighted by Gasteiger charge is -2.13. The Kier molecular flexibility index (Phi) is 3.02. The predicted molar refractivity (Wildman–Crippen MR) is 66.2 cm³/mol. The van der Waals surface area contributed by atoms with Crippen LogP contribution < -0.4 is 4.74 Å². The second-order valence-corrected chi connectivity index (χ2v) is 4.52. The Morgan fingerprint density at radius 2 is 2.19 bits per heavy atom. The summed E-state index contributed by atoms with van der Waals surface area (Å²) in [6, 6.07) is 8.13. The zero-order valence-electron chi connectivity index (χ0n) is 9.15. The van der Waals surface area contributed by atoms with E-state index in [0.29, 0.717) is 0 Å². The average Bonchev–Trinajstić information content (AvgIpc) is 2.36. The summed E-state index contributed by atoms with van der Waals surface area (Å²) < 4.78 is 5.18. The Morgan fingerprint density at radius 1 is 1.38 bits per heavy atom. The summed E-state index contributed by atoms with van der Waals surface area (Å²) in [7, 11) is 1.66. The maximum atomic E-state index is 8.86. The monoisotopic (exact) mass is 229 g/mol. The lowest BCUT2D eigenvalue weighted by atomic mass is 10.1. The van der Waals surface area contributed by atoms with Crippen LogP contribution >= 0.6 is 11.8 Å². The van der Waals surface area contributed by atoms with Crippen molar-refractivity contribution in [3.05, 3.63) is 40.3 Å². The molecule has 0 saturated carbocycles. The minimum absolute atomic E-state index is 0.745. The molecule has 2 rings (SSSR count). The van der Waals surface area contributed by atoms with E-state index < -0.39 is 0 Å². The van der Waals surface area contributed by atoms with Crippen molar-refractivity contribution in [3.8, 4) is 11.8 Å². The zero-order chi connectivity index (χ0) is 11.5. The van der Waals surface area contributed by atoms with Gasteiger partial charge in [-0.1, -0.05) is 23.9 Å². The molecule has 0 fully saturated rings. The van der Waals surface area contributed by atoms with Gasteiger partial charge in [0.05, 0.1) is 13.2 Å². The third-order valence-electron chi connectivity index (χ3n) is 2.39. The van der Waals surface area contributed by atoms with Crippen molar-refractivity contribution >= 4 is 17.8 Å². The fourth-order valence-corrected chi connectivity index (χ4v) is 2.44. The first-order chi connectivity index (χ1) is 7.74. The highest BCUT2D eigenvalue weighted by atomic mass is 32.2. The van der Waals surface area contributed by atoms with Gasteiger partial charge in [-0.2, -0.15) is 5.26 Å². The average molecular weight is 229 g/mol. The van der Waals surface area contributed by atoms with Crippen molar-refractivity contribution in [2.24, 2.45) is 0 Å². The highest BCUT2D eigenvalue weighted by molar-refractivity contribution is 8.03. The lowest BCUT2D eigenvalue weighted by molar-refractivity contribution is 0.413. The molecule has 1 heterocycles. The number of thioether (sulfide) groups is 1. The molecule has 0 amide bonds. The van der Waals surface area contributed by atoms with Crippen molar-refractivity contribution in [3.63, 3.8) is 0 Å². The van der Waals surface area contributed by atoms with Gasteiger partial charge in [0.1, 0.15) is 5.75 Å². The predicted octanol–water partition coefficient (Wildman–Crippen LogP) is 3.61. The van der Waals surface area contributed by atoms with Crippen molar-refractivity contribution in [2.75, 3.05) is 7.11 Å². The first-order valence-corrected chi connectivity index (χ1v) is 5.71. The normalized spacial score (nSPS) is 16.3. The van der Waals surface area contributed by atoms with Crippen molar-refractivity contribution in [1.82, 2.24) is 0 Å². The molecule has 80 valence electrons. The van der Waals surface area contributed by atoms with E-state index in [4.69, 9.17) is 10.00 Å². The van der Waals surface area contributed by atoms with Crippen LogP contribution in [0.2, 0.25) is 0 Å². The molecule has 1 aromatic carbocycles. The molecule has 0 N–H and O–H groups in total. The van der Waals surface area contributed by atoms with Gasteiger partial charge in [-0.15, -0.1) is 0 Å². The summed E-state index contributed by atoms with van der Waals surface area (Å²) in [6.07, 6.45) is 4.01. The number of rotatable bonds is 1. The number of nitriles is 1. The summed E-state index contributed by atoms with van der Waals surface area (Å²) >= 11 is 1.61. The van der Waals surface area contributed by atoms with Crippen LogP contribution in [-0.4, -0.2) is 7.11 Å². The fraction of sp³-hybridized carbons (Fsp3) is 0.154. The van der Waals surface area contributed by atoms with Crippen LogP contribution in [0, 0.1) is 11.3 Å². The molecule has 16 heavy (non-hydrogen) atoms. The van der Waals surface area contributed by atoms with Gasteiger partial charge in [0.2, 0.25) is 0 Å². The number of methoxy groups -OCH3 is 1. The van der Waals surface area contributed by atoms with E-state index in [2.05, 4.69) is 6.07 Å². The van der Waals surface area contributed by atoms with Crippen LogP contribution in [0.25, 0.3) is 6.08 Å². The van der Waals surface area contributed by atoms with Crippen molar-refractivity contribution in [2.45, 2.75) is 11.8 Å². The number of allylic oxidation sites excluding steroid dienone is 2. The van der Waals surface area contributed by atoms with E-state index in [1.54, 1.807) is 18.9 Å². The molecule has 0 saturated heterocycles. The number of benzene rings is 1. The summed E-state index contributed by atoms with van der Waals surface area (Å²) in [5, 5.41) is 8.86. The van der Waals surface area contributed by atoms with Gasteiger partial charge in [0.25, 0.3) is 0 Å². The molecule has 1 aliphatic heterocycles. The molecule has 3 heteroatoms. The summed E-state index contributed by atoms with van der Waals surface area (Å²) in [5.74, 6) is 0.843. The van der Waals surface area contributed by atoms with Crippen LogP contribution in [0.3, 0.4) is 0 Å². The van der Waals surface area contributed by atoms with Gasteiger partial charge in [-0.25, -0.2) is 0 Å². The van der Waals surface area contributed by atoms with E-state index in [0.717, 1.165) is 21.1 Å². The Bertz CT molecular complexity index is 523. The second-order valence-electron chi connectivity index (χ2n) is 3.44. The molecule has 0 atom stereocenters. The lowest BCUT2D eigenvalue weighted by Crippen LogP contribution is -1.90. The van der Waals surface area contributed by atoms with Gasteiger partial charge in [-0.3, -0.25) is 0 Å². The van der Waals surface area contributed by atoms with E-state index in [1.165, 1.54) is 5.56 Å². The highest BCUT2D eigenvalue weighted by Gasteiger charge is 2.11. The topological polar surface area (TPSA) is 33.0 Å². The Balaban J connectivity index is 2.43. The fourth-order valence-electron chi connectivity index (χ4n) is 1.44. The summed E-state index contributed by atoms with van der Waals surface area (Å²) in [6.45, 7) is 1.83. The van der Waals surface area contributed by atoms with Crippen LogP contribution in [-0.2, 0) is 0 Å². The van der Waals surface area contributed by atoms with Crippen LogP contribution in [0.15, 0.2) is 39.6 Å². The van der Waals surface area contributed by atoms with Crippen LogP contribution in [0.5, 0.6) is 5.75 Å². The summed E-state index contributed by atoms with van der Waals surface area (Å²) in [4.78, 5) is 2.13. The molecule has 0 aliphatic carbocycles. The molecule has 1 aliphatic rings. The van der Waals surface area contributed by atoms with Crippen molar-refractivity contribution < 1.29 is 4.74 Å². The zero-order valence-corrected chi connectivity index (χ0v) is 9.97. The Morgan fingerprint density at radius 3 is 2.88 bits per heavy atom. The molecular weight excluding hydrogens is 218 g/mol. The van der Waals surface area contributed by atoms with Gasteiger partial charge >= 0.3 is 0 Å². The number of hydrogen-bond donors (Lipinski definition) is 0. The largest absolute Gasteiger partial charge is 0.497 e.